The van der Waals surface area contributed by atoms with Crippen molar-refractivity contribution < 1.29 is 14.7 Å². The lowest BCUT2D eigenvalue weighted by Gasteiger charge is -2.06. The van der Waals surface area contributed by atoms with Crippen molar-refractivity contribution >= 4 is 28.7 Å². The van der Waals surface area contributed by atoms with Gasteiger partial charge in [-0.25, -0.2) is 14.6 Å². The monoisotopic (exact) mass is 292 g/mol. The zero-order chi connectivity index (χ0) is 14.5. The van der Waals surface area contributed by atoms with Crippen LogP contribution in [0.25, 0.3) is 0 Å². The quantitative estimate of drug-likeness (QED) is 0.798. The molecule has 1 heterocycles. The number of aromatic carboxylic acids is 1. The van der Waals surface area contributed by atoms with Crippen LogP contribution in [-0.4, -0.2) is 26.5 Å². The Morgan fingerprint density at radius 1 is 1.40 bits per heavy atom. The molecule has 0 unspecified atom stereocenters. The van der Waals surface area contributed by atoms with E-state index in [4.69, 9.17) is 5.11 Å². The molecule has 0 radical (unpaired) electrons. The summed E-state index contributed by atoms with van der Waals surface area (Å²) in [5.74, 6) is -0.403. The summed E-state index contributed by atoms with van der Waals surface area (Å²) in [5, 5.41) is 14.5. The first-order valence-electron chi connectivity index (χ1n) is 5.72. The number of hydrogen-bond donors (Lipinski definition) is 3. The molecule has 0 saturated heterocycles. The number of carbonyl (C=O) groups excluding carboxylic acids is 1. The van der Waals surface area contributed by atoms with Gasteiger partial charge in [0.25, 0.3) is 0 Å². The molecule has 0 spiro atoms. The standard InChI is InChI=1S/C12H12N4O3S/c1-7-14-12(20-16-7)15-11(19)13-6-8-3-2-4-9(5-8)10(17)18/h2-5H,6H2,1H3,(H,17,18)(H2,13,14,15,16,19). The van der Waals surface area contributed by atoms with E-state index in [0.717, 1.165) is 11.5 Å². The predicted octanol–water partition coefficient (Wildman–Crippen LogP) is 1.87. The van der Waals surface area contributed by atoms with Gasteiger partial charge in [0.15, 0.2) is 0 Å². The van der Waals surface area contributed by atoms with Gasteiger partial charge in [-0.1, -0.05) is 12.1 Å². The van der Waals surface area contributed by atoms with E-state index < -0.39 is 12.0 Å². The summed E-state index contributed by atoms with van der Waals surface area (Å²) in [6.45, 7) is 1.96. The number of aromatic nitrogens is 2. The van der Waals surface area contributed by atoms with E-state index in [9.17, 15) is 9.59 Å². The van der Waals surface area contributed by atoms with Crippen LogP contribution in [0.3, 0.4) is 0 Å². The van der Waals surface area contributed by atoms with E-state index in [-0.39, 0.29) is 12.1 Å². The summed E-state index contributed by atoms with van der Waals surface area (Å²) >= 11 is 1.10. The van der Waals surface area contributed by atoms with E-state index in [1.807, 2.05) is 0 Å². The molecule has 20 heavy (non-hydrogen) atoms. The number of benzene rings is 1. The maximum Gasteiger partial charge on any atom is 0.335 e. The Kier molecular flexibility index (Phi) is 4.26. The Bertz CT molecular complexity index is 641. The number of nitrogens with zero attached hydrogens (tertiary/aromatic N) is 2. The first-order valence-corrected chi connectivity index (χ1v) is 6.49. The molecular weight excluding hydrogens is 280 g/mol. The number of carboxylic acid groups (broad SMARTS) is 1. The van der Waals surface area contributed by atoms with Crippen molar-refractivity contribution in [1.82, 2.24) is 14.7 Å². The van der Waals surface area contributed by atoms with E-state index in [1.54, 1.807) is 19.1 Å². The third-order valence-corrected chi connectivity index (χ3v) is 3.10. The summed E-state index contributed by atoms with van der Waals surface area (Å²) < 4.78 is 3.94. The number of hydrogen-bond acceptors (Lipinski definition) is 5. The molecule has 2 rings (SSSR count). The van der Waals surface area contributed by atoms with Crippen molar-refractivity contribution in [2.24, 2.45) is 0 Å². The highest BCUT2D eigenvalue weighted by molar-refractivity contribution is 7.09. The molecule has 0 aliphatic rings. The molecule has 0 atom stereocenters. The van der Waals surface area contributed by atoms with Crippen molar-refractivity contribution in [2.45, 2.75) is 13.5 Å². The smallest absolute Gasteiger partial charge is 0.335 e. The normalized spacial score (nSPS) is 10.1. The van der Waals surface area contributed by atoms with Crippen LogP contribution in [0, 0.1) is 6.92 Å². The maximum atomic E-state index is 11.6. The average Bonchev–Trinajstić information content (AvgIpc) is 2.82. The van der Waals surface area contributed by atoms with Gasteiger partial charge in [0.1, 0.15) is 5.82 Å². The molecule has 3 N–H and O–H groups in total. The van der Waals surface area contributed by atoms with Crippen molar-refractivity contribution in [3.05, 3.63) is 41.2 Å². The third-order valence-electron chi connectivity index (χ3n) is 2.38. The molecule has 104 valence electrons. The number of carbonyl (C=O) groups is 2. The molecule has 2 aromatic rings. The lowest BCUT2D eigenvalue weighted by Crippen LogP contribution is -2.28. The van der Waals surface area contributed by atoms with E-state index in [0.29, 0.717) is 16.5 Å². The summed E-state index contributed by atoms with van der Waals surface area (Å²) in [6.07, 6.45) is 0. The molecule has 0 aliphatic heterocycles. The molecule has 0 bridgehead atoms. The summed E-state index contributed by atoms with van der Waals surface area (Å²) in [4.78, 5) is 26.4. The maximum absolute atomic E-state index is 11.6. The van der Waals surface area contributed by atoms with E-state index in [1.165, 1.54) is 12.1 Å². The fourth-order valence-electron chi connectivity index (χ4n) is 1.49. The lowest BCUT2D eigenvalue weighted by atomic mass is 10.1. The minimum absolute atomic E-state index is 0.185. The topological polar surface area (TPSA) is 104 Å². The highest BCUT2D eigenvalue weighted by Crippen LogP contribution is 2.10. The Morgan fingerprint density at radius 3 is 2.85 bits per heavy atom. The van der Waals surface area contributed by atoms with Crippen molar-refractivity contribution in [3.8, 4) is 0 Å². The van der Waals surface area contributed by atoms with Gasteiger partial charge >= 0.3 is 12.0 Å². The van der Waals surface area contributed by atoms with E-state index in [2.05, 4.69) is 20.0 Å². The summed E-state index contributed by atoms with van der Waals surface area (Å²) in [7, 11) is 0. The van der Waals surface area contributed by atoms with Gasteiger partial charge in [0.05, 0.1) is 5.56 Å². The van der Waals surface area contributed by atoms with Crippen LogP contribution in [0.5, 0.6) is 0 Å². The van der Waals surface area contributed by atoms with Crippen molar-refractivity contribution in [3.63, 3.8) is 0 Å². The van der Waals surface area contributed by atoms with Crippen LogP contribution in [0.4, 0.5) is 9.93 Å². The van der Waals surface area contributed by atoms with Crippen LogP contribution < -0.4 is 10.6 Å². The SMILES string of the molecule is Cc1nsc(NC(=O)NCc2cccc(C(=O)O)c2)n1. The van der Waals surface area contributed by atoms with Gasteiger partial charge in [-0.05, 0) is 24.6 Å². The number of carboxylic acids is 1. The molecule has 0 aliphatic carbocycles. The number of nitrogens with one attached hydrogen (secondary N) is 2. The largest absolute Gasteiger partial charge is 0.478 e. The molecule has 1 aromatic carbocycles. The fourth-order valence-corrected chi connectivity index (χ4v) is 2.06. The molecule has 1 aromatic heterocycles. The number of anilines is 1. The summed E-state index contributed by atoms with van der Waals surface area (Å²) in [6, 6.07) is 5.96. The second-order valence-electron chi connectivity index (χ2n) is 3.96. The molecule has 8 heteroatoms. The minimum atomic E-state index is -0.999. The highest BCUT2D eigenvalue weighted by atomic mass is 32.1. The van der Waals surface area contributed by atoms with Crippen LogP contribution in [0.15, 0.2) is 24.3 Å². The summed E-state index contributed by atoms with van der Waals surface area (Å²) in [5.41, 5.74) is 0.887. The van der Waals surface area contributed by atoms with Crippen LogP contribution in [0.1, 0.15) is 21.7 Å². The van der Waals surface area contributed by atoms with Gasteiger partial charge in [-0.2, -0.15) is 4.37 Å². The minimum Gasteiger partial charge on any atom is -0.478 e. The predicted molar refractivity (Wildman–Crippen MR) is 73.9 cm³/mol. The Morgan fingerprint density at radius 2 is 2.20 bits per heavy atom. The average molecular weight is 292 g/mol. The van der Waals surface area contributed by atoms with E-state index >= 15 is 0 Å². The second-order valence-corrected chi connectivity index (χ2v) is 4.71. The van der Waals surface area contributed by atoms with Crippen LogP contribution in [0.2, 0.25) is 0 Å². The fraction of sp³-hybridized carbons (Fsp3) is 0.167. The molecule has 2 amide bonds. The number of urea groups is 1. The van der Waals surface area contributed by atoms with Gasteiger partial charge in [-0.15, -0.1) is 0 Å². The molecular formula is C12H12N4O3S. The second kappa shape index (κ2) is 6.11. The van der Waals surface area contributed by atoms with Gasteiger partial charge < -0.3 is 10.4 Å². The van der Waals surface area contributed by atoms with Gasteiger partial charge in [-0.3, -0.25) is 5.32 Å². The molecule has 7 nitrogen and oxygen atoms in total. The number of aryl methyl sites for hydroxylation is 1. The Balaban J connectivity index is 1.90. The van der Waals surface area contributed by atoms with Gasteiger partial charge in [0, 0.05) is 18.1 Å². The van der Waals surface area contributed by atoms with Crippen molar-refractivity contribution in [2.75, 3.05) is 5.32 Å². The zero-order valence-electron chi connectivity index (χ0n) is 10.6. The molecule has 0 saturated carbocycles. The third kappa shape index (κ3) is 3.75. The highest BCUT2D eigenvalue weighted by Gasteiger charge is 2.07. The first kappa shape index (κ1) is 13.9. The Hall–Kier alpha value is -2.48. The number of rotatable bonds is 4. The van der Waals surface area contributed by atoms with Gasteiger partial charge in [0.2, 0.25) is 5.13 Å². The lowest BCUT2D eigenvalue weighted by molar-refractivity contribution is 0.0696. The van der Waals surface area contributed by atoms with Crippen LogP contribution in [-0.2, 0) is 6.54 Å². The van der Waals surface area contributed by atoms with Crippen molar-refractivity contribution in [1.29, 1.82) is 0 Å². The van der Waals surface area contributed by atoms with Crippen LogP contribution >= 0.6 is 11.5 Å². The number of amides is 2. The zero-order valence-corrected chi connectivity index (χ0v) is 11.4. The molecule has 0 fully saturated rings. The Labute approximate surface area is 118 Å². The first-order chi connectivity index (χ1) is 9.54.